The van der Waals surface area contributed by atoms with Gasteiger partial charge in [-0.05, 0) is 30.0 Å². The van der Waals surface area contributed by atoms with Crippen LogP contribution in [0.15, 0.2) is 24.3 Å². The van der Waals surface area contributed by atoms with Crippen molar-refractivity contribution in [2.45, 2.75) is 26.0 Å². The summed E-state index contributed by atoms with van der Waals surface area (Å²) in [5.41, 5.74) is 7.97. The maximum absolute atomic E-state index is 9.68. The minimum absolute atomic E-state index is 0.139. The second-order valence-electron chi connectivity index (χ2n) is 4.65. The number of benzene rings is 1. The van der Waals surface area contributed by atoms with Crippen molar-refractivity contribution in [3.05, 3.63) is 29.8 Å². The molecule has 1 aliphatic rings. The first kappa shape index (κ1) is 11.4. The first-order valence-corrected chi connectivity index (χ1v) is 5.92. The van der Waals surface area contributed by atoms with E-state index in [1.807, 2.05) is 0 Å². The van der Waals surface area contributed by atoms with Gasteiger partial charge in [0.05, 0.1) is 6.10 Å². The summed E-state index contributed by atoms with van der Waals surface area (Å²) in [6.45, 7) is 4.57. The third kappa shape index (κ3) is 2.36. The molecule has 0 spiro atoms. The average Bonchev–Trinajstić information content (AvgIpc) is 2.33. The molecule has 3 heteroatoms. The van der Waals surface area contributed by atoms with Crippen LogP contribution in [0.2, 0.25) is 0 Å². The minimum atomic E-state index is -0.139. The van der Waals surface area contributed by atoms with Gasteiger partial charge in [-0.1, -0.05) is 19.1 Å². The van der Waals surface area contributed by atoms with E-state index in [4.69, 9.17) is 5.73 Å². The second kappa shape index (κ2) is 4.85. The summed E-state index contributed by atoms with van der Waals surface area (Å²) >= 11 is 0. The van der Waals surface area contributed by atoms with Gasteiger partial charge in [0.1, 0.15) is 0 Å². The molecule has 0 amide bonds. The summed E-state index contributed by atoms with van der Waals surface area (Å²) in [4.78, 5) is 2.33. The molecule has 1 saturated heterocycles. The Bertz CT molecular complexity index is 336. The lowest BCUT2D eigenvalue weighted by atomic mass is 9.96. The Morgan fingerprint density at radius 3 is 2.62 bits per heavy atom. The monoisotopic (exact) mass is 220 g/mol. The molecule has 2 unspecified atom stereocenters. The van der Waals surface area contributed by atoms with Crippen LogP contribution in [0.1, 0.15) is 18.9 Å². The average molecular weight is 220 g/mol. The smallest absolute Gasteiger partial charge is 0.0599 e. The van der Waals surface area contributed by atoms with Gasteiger partial charge in [0.15, 0.2) is 0 Å². The number of hydrogen-bond donors (Lipinski definition) is 2. The fourth-order valence-electron chi connectivity index (χ4n) is 2.21. The quantitative estimate of drug-likeness (QED) is 0.791. The van der Waals surface area contributed by atoms with Gasteiger partial charge >= 0.3 is 0 Å². The summed E-state index contributed by atoms with van der Waals surface area (Å²) in [5, 5.41) is 9.68. The number of rotatable bonds is 2. The molecule has 1 heterocycles. The van der Waals surface area contributed by atoms with Gasteiger partial charge in [-0.25, -0.2) is 0 Å². The van der Waals surface area contributed by atoms with Gasteiger partial charge in [-0.3, -0.25) is 0 Å². The molecule has 1 fully saturated rings. The van der Waals surface area contributed by atoms with Crippen LogP contribution >= 0.6 is 0 Å². The molecule has 2 rings (SSSR count). The molecule has 0 saturated carbocycles. The SMILES string of the molecule is CC1CN(c2ccc(CN)cc2)CCC1O. The Hall–Kier alpha value is -1.06. The minimum Gasteiger partial charge on any atom is -0.393 e. The van der Waals surface area contributed by atoms with Crippen molar-refractivity contribution in [1.29, 1.82) is 0 Å². The first-order chi connectivity index (χ1) is 7.70. The van der Waals surface area contributed by atoms with Crippen LogP contribution in [-0.4, -0.2) is 24.3 Å². The summed E-state index contributed by atoms with van der Waals surface area (Å²) in [6, 6.07) is 8.38. The van der Waals surface area contributed by atoms with Gasteiger partial charge in [0.25, 0.3) is 0 Å². The van der Waals surface area contributed by atoms with Crippen LogP contribution < -0.4 is 10.6 Å². The number of aliphatic hydroxyl groups excluding tert-OH is 1. The molecule has 0 bridgehead atoms. The van der Waals surface area contributed by atoms with Crippen LogP contribution in [-0.2, 0) is 6.54 Å². The summed E-state index contributed by atoms with van der Waals surface area (Å²) in [6.07, 6.45) is 0.722. The Balaban J connectivity index is 2.06. The van der Waals surface area contributed by atoms with Crippen LogP contribution in [0.25, 0.3) is 0 Å². The van der Waals surface area contributed by atoms with E-state index < -0.39 is 0 Å². The van der Waals surface area contributed by atoms with Crippen molar-refractivity contribution in [2.75, 3.05) is 18.0 Å². The second-order valence-corrected chi connectivity index (χ2v) is 4.65. The van der Waals surface area contributed by atoms with E-state index in [-0.39, 0.29) is 6.10 Å². The number of hydrogen-bond acceptors (Lipinski definition) is 3. The fourth-order valence-corrected chi connectivity index (χ4v) is 2.21. The number of piperidine rings is 1. The molecule has 3 N–H and O–H groups in total. The predicted molar refractivity (Wildman–Crippen MR) is 66.3 cm³/mol. The van der Waals surface area contributed by atoms with Crippen molar-refractivity contribution in [1.82, 2.24) is 0 Å². The van der Waals surface area contributed by atoms with E-state index >= 15 is 0 Å². The zero-order chi connectivity index (χ0) is 11.5. The first-order valence-electron chi connectivity index (χ1n) is 5.92. The Morgan fingerprint density at radius 1 is 1.38 bits per heavy atom. The standard InChI is InChI=1S/C13H20N2O/c1-10-9-15(7-6-13(10)16)12-4-2-11(8-14)3-5-12/h2-5,10,13,16H,6-9,14H2,1H3. The van der Waals surface area contributed by atoms with Crippen LogP contribution in [0.3, 0.4) is 0 Å². The highest BCUT2D eigenvalue weighted by Gasteiger charge is 2.23. The number of nitrogens with zero attached hydrogens (tertiary/aromatic N) is 1. The largest absolute Gasteiger partial charge is 0.393 e. The molecule has 0 aliphatic carbocycles. The lowest BCUT2D eigenvalue weighted by molar-refractivity contribution is 0.0971. The van der Waals surface area contributed by atoms with Crippen molar-refractivity contribution < 1.29 is 5.11 Å². The highest BCUT2D eigenvalue weighted by molar-refractivity contribution is 5.48. The molecule has 1 aromatic carbocycles. The normalized spacial score (nSPS) is 25.8. The molecule has 88 valence electrons. The van der Waals surface area contributed by atoms with Crippen molar-refractivity contribution in [2.24, 2.45) is 11.7 Å². The molecular formula is C13H20N2O. The number of aliphatic hydroxyl groups is 1. The van der Waals surface area contributed by atoms with Crippen LogP contribution in [0, 0.1) is 5.92 Å². The van der Waals surface area contributed by atoms with Crippen molar-refractivity contribution in [3.8, 4) is 0 Å². The van der Waals surface area contributed by atoms with Gasteiger partial charge in [0, 0.05) is 25.3 Å². The molecule has 2 atom stereocenters. The van der Waals surface area contributed by atoms with Crippen molar-refractivity contribution >= 4 is 5.69 Å². The van der Waals surface area contributed by atoms with E-state index in [2.05, 4.69) is 36.1 Å². The molecular weight excluding hydrogens is 200 g/mol. The van der Waals surface area contributed by atoms with E-state index in [0.29, 0.717) is 12.5 Å². The number of anilines is 1. The van der Waals surface area contributed by atoms with E-state index in [1.54, 1.807) is 0 Å². The third-order valence-electron chi connectivity index (χ3n) is 3.40. The highest BCUT2D eigenvalue weighted by Crippen LogP contribution is 2.23. The fraction of sp³-hybridized carbons (Fsp3) is 0.538. The summed E-state index contributed by atoms with van der Waals surface area (Å²) < 4.78 is 0. The summed E-state index contributed by atoms with van der Waals surface area (Å²) in [7, 11) is 0. The number of nitrogens with two attached hydrogens (primary N) is 1. The molecule has 0 aromatic heterocycles. The van der Waals surface area contributed by atoms with E-state index in [1.165, 1.54) is 5.69 Å². The van der Waals surface area contributed by atoms with Gasteiger partial charge in [-0.2, -0.15) is 0 Å². The van der Waals surface area contributed by atoms with Crippen LogP contribution in [0.4, 0.5) is 5.69 Å². The van der Waals surface area contributed by atoms with E-state index in [9.17, 15) is 5.11 Å². The highest BCUT2D eigenvalue weighted by atomic mass is 16.3. The van der Waals surface area contributed by atoms with Crippen LogP contribution in [0.5, 0.6) is 0 Å². The molecule has 16 heavy (non-hydrogen) atoms. The third-order valence-corrected chi connectivity index (χ3v) is 3.40. The van der Waals surface area contributed by atoms with E-state index in [0.717, 1.165) is 25.1 Å². The predicted octanol–water partition coefficient (Wildman–Crippen LogP) is 1.35. The topological polar surface area (TPSA) is 49.5 Å². The lowest BCUT2D eigenvalue weighted by Gasteiger charge is -2.36. The lowest BCUT2D eigenvalue weighted by Crippen LogP contribution is -2.41. The molecule has 1 aliphatic heterocycles. The van der Waals surface area contributed by atoms with Gasteiger partial charge < -0.3 is 15.7 Å². The van der Waals surface area contributed by atoms with Gasteiger partial charge in [0.2, 0.25) is 0 Å². The summed E-state index contributed by atoms with van der Waals surface area (Å²) in [5.74, 6) is 0.350. The zero-order valence-corrected chi connectivity index (χ0v) is 9.76. The Kier molecular flexibility index (Phi) is 3.46. The molecule has 1 aromatic rings. The van der Waals surface area contributed by atoms with Crippen molar-refractivity contribution in [3.63, 3.8) is 0 Å². The Morgan fingerprint density at radius 2 is 2.06 bits per heavy atom. The molecule has 0 radical (unpaired) electrons. The zero-order valence-electron chi connectivity index (χ0n) is 9.76. The maximum Gasteiger partial charge on any atom is 0.0599 e. The Labute approximate surface area is 96.9 Å². The van der Waals surface area contributed by atoms with Gasteiger partial charge in [-0.15, -0.1) is 0 Å². The maximum atomic E-state index is 9.68. The molecule has 3 nitrogen and oxygen atoms in total.